The van der Waals surface area contributed by atoms with Gasteiger partial charge in [0, 0.05) is 12.1 Å². The molecule has 0 radical (unpaired) electrons. The largest absolute Gasteiger partial charge is 0.493 e. The Balaban J connectivity index is 1.60. The predicted molar refractivity (Wildman–Crippen MR) is 113 cm³/mol. The molecule has 7 nitrogen and oxygen atoms in total. The highest BCUT2D eigenvalue weighted by molar-refractivity contribution is 6.03. The van der Waals surface area contributed by atoms with Crippen LogP contribution in [0.4, 0.5) is 11.6 Å². The third-order valence-corrected chi connectivity index (χ3v) is 4.60. The molecule has 0 bridgehead atoms. The maximum absolute atomic E-state index is 12.4. The summed E-state index contributed by atoms with van der Waals surface area (Å²) >= 11 is 0. The van der Waals surface area contributed by atoms with Gasteiger partial charge in [-0.15, -0.1) is 10.2 Å². The predicted octanol–water partition coefficient (Wildman–Crippen LogP) is 3.98. The number of ether oxygens (including phenoxy) is 2. The van der Waals surface area contributed by atoms with Gasteiger partial charge in [-0.3, -0.25) is 4.79 Å². The first-order chi connectivity index (χ1) is 14.0. The zero-order chi connectivity index (χ0) is 20.8. The number of anilines is 2. The smallest absolute Gasteiger partial charge is 0.256 e. The Bertz CT molecular complexity index is 1000. The van der Waals surface area contributed by atoms with E-state index in [9.17, 15) is 4.79 Å². The first kappa shape index (κ1) is 20.1. The lowest BCUT2D eigenvalue weighted by Gasteiger charge is -2.11. The Hall–Kier alpha value is -3.61. The van der Waals surface area contributed by atoms with E-state index in [1.165, 1.54) is 0 Å². The molecule has 2 aromatic carbocycles. The molecule has 0 aliphatic rings. The number of carbonyl (C=O) groups excluding carboxylic acids is 1. The number of methoxy groups -OCH3 is 2. The van der Waals surface area contributed by atoms with Gasteiger partial charge in [-0.05, 0) is 66.9 Å². The first-order valence-electron chi connectivity index (χ1n) is 9.17. The van der Waals surface area contributed by atoms with Gasteiger partial charge in [0.15, 0.2) is 17.3 Å². The van der Waals surface area contributed by atoms with Gasteiger partial charge in [0.25, 0.3) is 5.91 Å². The van der Waals surface area contributed by atoms with E-state index in [1.807, 2.05) is 44.2 Å². The second-order valence-corrected chi connectivity index (χ2v) is 6.60. The number of nitrogens with one attached hydrogen (secondary N) is 2. The summed E-state index contributed by atoms with van der Waals surface area (Å²) in [5, 5.41) is 14.1. The van der Waals surface area contributed by atoms with Crippen LogP contribution in [0.25, 0.3) is 0 Å². The summed E-state index contributed by atoms with van der Waals surface area (Å²) in [5.41, 5.74) is 3.81. The van der Waals surface area contributed by atoms with Crippen LogP contribution in [0.15, 0.2) is 48.5 Å². The van der Waals surface area contributed by atoms with Gasteiger partial charge in [-0.1, -0.05) is 12.1 Å². The maximum atomic E-state index is 12.4. The number of carbonyl (C=O) groups is 1. The summed E-state index contributed by atoms with van der Waals surface area (Å²) in [6.45, 7) is 4.53. The van der Waals surface area contributed by atoms with Crippen molar-refractivity contribution in [2.75, 3.05) is 24.9 Å². The SMILES string of the molecule is COc1ccc(CNc2ccc(NC(=O)c3ccc(C)c(C)c3)nn2)cc1OC. The lowest BCUT2D eigenvalue weighted by atomic mass is 10.1. The Labute approximate surface area is 170 Å². The van der Waals surface area contributed by atoms with Crippen LogP contribution in [0.2, 0.25) is 0 Å². The Morgan fingerprint density at radius 1 is 0.862 bits per heavy atom. The molecular formula is C22H24N4O3. The third kappa shape index (κ3) is 5.01. The lowest BCUT2D eigenvalue weighted by Crippen LogP contribution is -2.14. The second kappa shape index (κ2) is 9.05. The minimum absolute atomic E-state index is 0.214. The summed E-state index contributed by atoms with van der Waals surface area (Å²) in [7, 11) is 3.21. The molecule has 150 valence electrons. The molecule has 7 heteroatoms. The molecule has 0 atom stereocenters. The van der Waals surface area contributed by atoms with Crippen molar-refractivity contribution in [1.82, 2.24) is 10.2 Å². The van der Waals surface area contributed by atoms with E-state index in [-0.39, 0.29) is 5.91 Å². The van der Waals surface area contributed by atoms with E-state index >= 15 is 0 Å². The Morgan fingerprint density at radius 2 is 1.59 bits per heavy atom. The van der Waals surface area contributed by atoms with E-state index in [2.05, 4.69) is 20.8 Å². The van der Waals surface area contributed by atoms with Crippen molar-refractivity contribution in [3.8, 4) is 11.5 Å². The zero-order valence-electron chi connectivity index (χ0n) is 16.9. The van der Waals surface area contributed by atoms with Crippen LogP contribution in [-0.4, -0.2) is 30.3 Å². The van der Waals surface area contributed by atoms with Gasteiger partial charge in [0.2, 0.25) is 0 Å². The molecule has 0 unspecified atom stereocenters. The fraction of sp³-hybridized carbons (Fsp3) is 0.227. The highest BCUT2D eigenvalue weighted by Gasteiger charge is 2.09. The molecule has 2 N–H and O–H groups in total. The monoisotopic (exact) mass is 392 g/mol. The number of amides is 1. The van der Waals surface area contributed by atoms with Gasteiger partial charge in [-0.25, -0.2) is 0 Å². The Kier molecular flexibility index (Phi) is 6.29. The summed E-state index contributed by atoms with van der Waals surface area (Å²) in [6.07, 6.45) is 0. The molecule has 0 aliphatic heterocycles. The van der Waals surface area contributed by atoms with Crippen molar-refractivity contribution < 1.29 is 14.3 Å². The normalized spacial score (nSPS) is 10.3. The van der Waals surface area contributed by atoms with Crippen LogP contribution in [-0.2, 0) is 6.54 Å². The first-order valence-corrected chi connectivity index (χ1v) is 9.17. The Morgan fingerprint density at radius 3 is 2.24 bits per heavy atom. The zero-order valence-corrected chi connectivity index (χ0v) is 16.9. The third-order valence-electron chi connectivity index (χ3n) is 4.60. The minimum atomic E-state index is -0.214. The maximum Gasteiger partial charge on any atom is 0.256 e. The molecular weight excluding hydrogens is 368 g/mol. The number of hydrogen-bond donors (Lipinski definition) is 2. The van der Waals surface area contributed by atoms with Crippen LogP contribution in [0.3, 0.4) is 0 Å². The number of aryl methyl sites for hydroxylation is 2. The van der Waals surface area contributed by atoms with E-state index < -0.39 is 0 Å². The van der Waals surface area contributed by atoms with Crippen molar-refractivity contribution >= 4 is 17.5 Å². The summed E-state index contributed by atoms with van der Waals surface area (Å²) < 4.78 is 10.6. The van der Waals surface area contributed by atoms with Gasteiger partial charge < -0.3 is 20.1 Å². The molecule has 0 aliphatic carbocycles. The minimum Gasteiger partial charge on any atom is -0.493 e. The quantitative estimate of drug-likeness (QED) is 0.633. The molecule has 0 fully saturated rings. The molecule has 1 aromatic heterocycles. The molecule has 0 saturated heterocycles. The highest BCUT2D eigenvalue weighted by Crippen LogP contribution is 2.27. The molecule has 1 amide bonds. The summed E-state index contributed by atoms with van der Waals surface area (Å²) in [4.78, 5) is 12.4. The van der Waals surface area contributed by atoms with Gasteiger partial charge in [-0.2, -0.15) is 0 Å². The average molecular weight is 392 g/mol. The number of benzene rings is 2. The molecule has 3 aromatic rings. The van der Waals surface area contributed by atoms with Gasteiger partial charge in [0.05, 0.1) is 14.2 Å². The topological polar surface area (TPSA) is 85.4 Å². The lowest BCUT2D eigenvalue weighted by molar-refractivity contribution is 0.102. The number of rotatable bonds is 7. The number of hydrogen-bond acceptors (Lipinski definition) is 6. The second-order valence-electron chi connectivity index (χ2n) is 6.60. The van der Waals surface area contributed by atoms with Crippen molar-refractivity contribution in [2.24, 2.45) is 0 Å². The molecule has 0 saturated carbocycles. The van der Waals surface area contributed by atoms with E-state index in [0.717, 1.165) is 16.7 Å². The van der Waals surface area contributed by atoms with Crippen LogP contribution in [0.5, 0.6) is 11.5 Å². The molecule has 29 heavy (non-hydrogen) atoms. The van der Waals surface area contributed by atoms with Gasteiger partial charge >= 0.3 is 0 Å². The van der Waals surface area contributed by atoms with E-state index in [1.54, 1.807) is 32.4 Å². The van der Waals surface area contributed by atoms with Crippen LogP contribution >= 0.6 is 0 Å². The molecule has 3 rings (SSSR count). The standard InChI is InChI=1S/C22H24N4O3/c1-14-5-7-17(11-15(14)2)22(27)24-21-10-9-20(25-26-21)23-13-16-6-8-18(28-3)19(12-16)29-4/h5-12H,13H2,1-4H3,(H,23,25)(H,24,26,27). The fourth-order valence-electron chi connectivity index (χ4n) is 2.75. The van der Waals surface area contributed by atoms with Crippen molar-refractivity contribution in [3.63, 3.8) is 0 Å². The molecule has 1 heterocycles. The van der Waals surface area contributed by atoms with Crippen LogP contribution in [0, 0.1) is 13.8 Å². The average Bonchev–Trinajstić information content (AvgIpc) is 2.74. The fourth-order valence-corrected chi connectivity index (χ4v) is 2.75. The van der Waals surface area contributed by atoms with Crippen molar-refractivity contribution in [2.45, 2.75) is 20.4 Å². The summed E-state index contributed by atoms with van der Waals surface area (Å²) in [5.74, 6) is 2.13. The van der Waals surface area contributed by atoms with Gasteiger partial charge in [0.1, 0.15) is 5.82 Å². The van der Waals surface area contributed by atoms with Crippen LogP contribution < -0.4 is 20.1 Å². The van der Waals surface area contributed by atoms with Crippen LogP contribution in [0.1, 0.15) is 27.0 Å². The van der Waals surface area contributed by atoms with E-state index in [0.29, 0.717) is 35.2 Å². The number of aromatic nitrogens is 2. The summed E-state index contributed by atoms with van der Waals surface area (Å²) in [6, 6.07) is 14.8. The van der Waals surface area contributed by atoms with Crippen molar-refractivity contribution in [1.29, 1.82) is 0 Å². The van der Waals surface area contributed by atoms with E-state index in [4.69, 9.17) is 9.47 Å². The number of nitrogens with zero attached hydrogens (tertiary/aromatic N) is 2. The highest BCUT2D eigenvalue weighted by atomic mass is 16.5. The molecule has 0 spiro atoms. The van der Waals surface area contributed by atoms with Crippen molar-refractivity contribution in [3.05, 3.63) is 70.8 Å².